The van der Waals surface area contributed by atoms with Crippen LogP contribution in [0.15, 0.2) is 0 Å². The second-order valence-electron chi connectivity index (χ2n) is 5.69. The van der Waals surface area contributed by atoms with Gasteiger partial charge in [-0.05, 0) is 58.7 Å². The third-order valence-corrected chi connectivity index (χ3v) is 4.88. The highest BCUT2D eigenvalue weighted by molar-refractivity contribution is 7.11. The number of rotatable bonds is 6. The monoisotopic (exact) mass is 281 g/mol. The minimum atomic E-state index is 0.828. The van der Waals surface area contributed by atoms with Crippen LogP contribution in [0.4, 0.5) is 0 Å². The number of nitrogens with one attached hydrogen (secondary N) is 1. The zero-order valence-electron chi connectivity index (χ0n) is 12.5. The Kier molecular flexibility index (Phi) is 5.79. The largest absolute Gasteiger partial charge is 0.316 e. The van der Waals surface area contributed by atoms with Gasteiger partial charge in [0.15, 0.2) is 0 Å². The second-order valence-corrected chi connectivity index (χ2v) is 6.98. The van der Waals surface area contributed by atoms with Crippen molar-refractivity contribution in [2.45, 2.75) is 46.6 Å². The molecule has 0 amide bonds. The average molecular weight is 281 g/mol. The molecule has 0 saturated carbocycles. The molecule has 0 aromatic carbocycles. The number of piperidine rings is 1. The number of thiazole rings is 1. The smallest absolute Gasteiger partial charge is 0.0900 e. The van der Waals surface area contributed by atoms with Crippen molar-refractivity contribution in [3.8, 4) is 0 Å². The molecule has 0 spiro atoms. The average Bonchev–Trinajstić information content (AvgIpc) is 2.69. The number of aryl methyl sites for hydroxylation is 2. The Morgan fingerprint density at radius 3 is 2.84 bits per heavy atom. The van der Waals surface area contributed by atoms with E-state index in [0.29, 0.717) is 0 Å². The van der Waals surface area contributed by atoms with Gasteiger partial charge in [-0.25, -0.2) is 4.98 Å². The van der Waals surface area contributed by atoms with Gasteiger partial charge >= 0.3 is 0 Å². The first-order valence-electron chi connectivity index (χ1n) is 7.55. The molecule has 1 aliphatic heterocycles. The van der Waals surface area contributed by atoms with Crippen molar-refractivity contribution in [2.75, 3.05) is 26.2 Å². The summed E-state index contributed by atoms with van der Waals surface area (Å²) in [6, 6.07) is 0. The first-order chi connectivity index (χ1) is 9.19. The summed E-state index contributed by atoms with van der Waals surface area (Å²) in [5.74, 6) is 0.828. The maximum atomic E-state index is 4.55. The van der Waals surface area contributed by atoms with Gasteiger partial charge in [-0.1, -0.05) is 6.92 Å². The van der Waals surface area contributed by atoms with Crippen molar-refractivity contribution in [1.29, 1.82) is 0 Å². The Morgan fingerprint density at radius 1 is 1.42 bits per heavy atom. The van der Waals surface area contributed by atoms with E-state index in [0.717, 1.165) is 12.5 Å². The zero-order valence-corrected chi connectivity index (χ0v) is 13.4. The highest BCUT2D eigenvalue weighted by Gasteiger charge is 2.18. The molecular weight excluding hydrogens is 254 g/mol. The minimum absolute atomic E-state index is 0.828. The van der Waals surface area contributed by atoms with Crippen LogP contribution in [0.1, 0.15) is 41.8 Å². The normalized spacial score (nSPS) is 20.1. The molecule has 1 aromatic rings. The van der Waals surface area contributed by atoms with E-state index >= 15 is 0 Å². The topological polar surface area (TPSA) is 28.2 Å². The molecule has 1 aromatic heterocycles. The van der Waals surface area contributed by atoms with Gasteiger partial charge in [0.25, 0.3) is 0 Å². The lowest BCUT2D eigenvalue weighted by Gasteiger charge is -2.29. The summed E-state index contributed by atoms with van der Waals surface area (Å²) in [5, 5.41) is 4.72. The van der Waals surface area contributed by atoms with Crippen molar-refractivity contribution >= 4 is 11.3 Å². The molecule has 0 radical (unpaired) electrons. The van der Waals surface area contributed by atoms with Crippen LogP contribution in [0.2, 0.25) is 0 Å². The molecule has 1 aliphatic rings. The van der Waals surface area contributed by atoms with Crippen LogP contribution in [0.3, 0.4) is 0 Å². The van der Waals surface area contributed by atoms with E-state index in [1.54, 1.807) is 0 Å². The van der Waals surface area contributed by atoms with Gasteiger partial charge in [-0.3, -0.25) is 4.90 Å². The summed E-state index contributed by atoms with van der Waals surface area (Å²) in [7, 11) is 0. The van der Waals surface area contributed by atoms with E-state index in [4.69, 9.17) is 0 Å². The summed E-state index contributed by atoms with van der Waals surface area (Å²) < 4.78 is 0. The second kappa shape index (κ2) is 7.36. The van der Waals surface area contributed by atoms with Gasteiger partial charge in [0, 0.05) is 18.0 Å². The Labute approximate surface area is 121 Å². The third kappa shape index (κ3) is 4.55. The summed E-state index contributed by atoms with van der Waals surface area (Å²) >= 11 is 1.86. The Morgan fingerprint density at radius 2 is 2.26 bits per heavy atom. The molecule has 1 fully saturated rings. The van der Waals surface area contributed by atoms with Crippen molar-refractivity contribution in [3.05, 3.63) is 15.6 Å². The third-order valence-electron chi connectivity index (χ3n) is 3.82. The minimum Gasteiger partial charge on any atom is -0.316 e. The zero-order chi connectivity index (χ0) is 13.7. The molecule has 108 valence electrons. The van der Waals surface area contributed by atoms with E-state index in [-0.39, 0.29) is 0 Å². The van der Waals surface area contributed by atoms with Gasteiger partial charge in [-0.2, -0.15) is 0 Å². The first kappa shape index (κ1) is 14.9. The van der Waals surface area contributed by atoms with Crippen LogP contribution in [-0.4, -0.2) is 36.1 Å². The summed E-state index contributed by atoms with van der Waals surface area (Å²) in [6.45, 7) is 12.4. The van der Waals surface area contributed by atoms with E-state index in [9.17, 15) is 0 Å². The van der Waals surface area contributed by atoms with Crippen LogP contribution in [0.5, 0.6) is 0 Å². The Hall–Kier alpha value is -0.450. The predicted octanol–water partition coefficient (Wildman–Crippen LogP) is 2.97. The molecule has 0 bridgehead atoms. The summed E-state index contributed by atoms with van der Waals surface area (Å²) in [5.41, 5.74) is 1.23. The summed E-state index contributed by atoms with van der Waals surface area (Å²) in [6.07, 6.45) is 3.95. The van der Waals surface area contributed by atoms with Crippen molar-refractivity contribution < 1.29 is 0 Å². The van der Waals surface area contributed by atoms with E-state index in [2.05, 4.69) is 36.0 Å². The molecule has 1 atom stereocenters. The maximum absolute atomic E-state index is 4.55. The first-order valence-corrected chi connectivity index (χ1v) is 8.36. The quantitative estimate of drug-likeness (QED) is 0.869. The van der Waals surface area contributed by atoms with Gasteiger partial charge in [0.05, 0.1) is 10.7 Å². The van der Waals surface area contributed by atoms with Crippen LogP contribution < -0.4 is 5.32 Å². The SMILES string of the molecule is CCCN(Cc1sc(C)nc1C)CC1CCCNC1. The highest BCUT2D eigenvalue weighted by Crippen LogP contribution is 2.21. The Balaban J connectivity index is 1.93. The predicted molar refractivity (Wildman–Crippen MR) is 82.7 cm³/mol. The number of hydrogen-bond donors (Lipinski definition) is 1. The lowest BCUT2D eigenvalue weighted by Crippen LogP contribution is -2.38. The molecule has 1 unspecified atom stereocenters. The molecule has 0 aliphatic carbocycles. The van der Waals surface area contributed by atoms with Gasteiger partial charge in [0.1, 0.15) is 0 Å². The van der Waals surface area contributed by atoms with Gasteiger partial charge in [0.2, 0.25) is 0 Å². The lowest BCUT2D eigenvalue weighted by atomic mass is 9.99. The fourth-order valence-corrected chi connectivity index (χ4v) is 3.90. The molecule has 2 rings (SSSR count). The van der Waals surface area contributed by atoms with Crippen molar-refractivity contribution in [3.63, 3.8) is 0 Å². The van der Waals surface area contributed by atoms with Crippen molar-refractivity contribution in [1.82, 2.24) is 15.2 Å². The number of nitrogens with zero attached hydrogens (tertiary/aromatic N) is 2. The summed E-state index contributed by atoms with van der Waals surface area (Å²) in [4.78, 5) is 8.63. The van der Waals surface area contributed by atoms with Gasteiger partial charge in [-0.15, -0.1) is 11.3 Å². The van der Waals surface area contributed by atoms with Crippen LogP contribution in [0, 0.1) is 19.8 Å². The van der Waals surface area contributed by atoms with E-state index in [1.165, 1.54) is 61.0 Å². The van der Waals surface area contributed by atoms with Crippen LogP contribution in [-0.2, 0) is 6.54 Å². The molecule has 2 heterocycles. The molecule has 1 saturated heterocycles. The maximum Gasteiger partial charge on any atom is 0.0900 e. The van der Waals surface area contributed by atoms with E-state index < -0.39 is 0 Å². The molecule has 19 heavy (non-hydrogen) atoms. The number of aromatic nitrogens is 1. The fourth-order valence-electron chi connectivity index (χ4n) is 2.92. The standard InChI is InChI=1S/C15H27N3S/c1-4-8-18(10-14-6-5-7-16-9-14)11-15-12(2)17-13(3)19-15/h14,16H,4-11H2,1-3H3. The molecule has 3 nitrogen and oxygen atoms in total. The lowest BCUT2D eigenvalue weighted by molar-refractivity contribution is 0.202. The fraction of sp³-hybridized carbons (Fsp3) is 0.800. The van der Waals surface area contributed by atoms with Crippen molar-refractivity contribution in [2.24, 2.45) is 5.92 Å². The highest BCUT2D eigenvalue weighted by atomic mass is 32.1. The van der Waals surface area contributed by atoms with E-state index in [1.807, 2.05) is 11.3 Å². The molecular formula is C15H27N3S. The van der Waals surface area contributed by atoms with Crippen LogP contribution in [0.25, 0.3) is 0 Å². The van der Waals surface area contributed by atoms with Gasteiger partial charge < -0.3 is 5.32 Å². The van der Waals surface area contributed by atoms with Crippen LogP contribution >= 0.6 is 11.3 Å². The number of hydrogen-bond acceptors (Lipinski definition) is 4. The molecule has 4 heteroatoms. The Bertz CT molecular complexity index is 383. The molecule has 1 N–H and O–H groups in total.